The molecule has 23 heteroatoms. The van der Waals surface area contributed by atoms with E-state index in [4.69, 9.17) is 20.3 Å². The third-order valence-electron chi connectivity index (χ3n) is 6.65. The van der Waals surface area contributed by atoms with Gasteiger partial charge >= 0.3 is 17.9 Å². The second-order valence-electron chi connectivity index (χ2n) is 11.0. The van der Waals surface area contributed by atoms with Crippen LogP contribution in [0.4, 0.5) is 0 Å². The van der Waals surface area contributed by atoms with E-state index in [1.54, 1.807) is 0 Å². The molecule has 0 fully saturated rings. The van der Waals surface area contributed by atoms with Gasteiger partial charge in [0.25, 0.3) is 0 Å². The van der Waals surface area contributed by atoms with Gasteiger partial charge in [0.1, 0.15) is 24.7 Å². The number of nitrogens with two attached hydrogens (primary N) is 2. The predicted octanol–water partition coefficient (Wildman–Crippen LogP) is -4.28. The van der Waals surface area contributed by atoms with Crippen molar-refractivity contribution in [3.05, 3.63) is 0 Å². The van der Waals surface area contributed by atoms with Crippen LogP contribution in [0, 0.1) is 0 Å². The van der Waals surface area contributed by atoms with Gasteiger partial charge in [0.2, 0.25) is 39.6 Å². The molecule has 0 aromatic heterocycles. The molecule has 3 atom stereocenters. The highest BCUT2D eigenvalue weighted by molar-refractivity contribution is 7.89. The first-order valence-electron chi connectivity index (χ1n) is 15.9. The van der Waals surface area contributed by atoms with Gasteiger partial charge < -0.3 is 57.1 Å². The van der Waals surface area contributed by atoms with E-state index in [1.807, 2.05) is 0 Å². The summed E-state index contributed by atoms with van der Waals surface area (Å²) in [6.45, 7) is -0.118. The summed E-state index contributed by atoms with van der Waals surface area (Å²) in [6.07, 6.45) is -0.822. The molecule has 5 amide bonds. The normalized spacial score (nSPS) is 12.8. The molecule has 0 aliphatic carbocycles. The molecular weight excluding hydrogens is 706 g/mol. The minimum atomic E-state index is -3.80. The van der Waals surface area contributed by atoms with Crippen molar-refractivity contribution in [2.24, 2.45) is 10.9 Å². The SMILES string of the molecule is NCC(=O)NCCCCC(NC(=O)COCCOCCNC(=O)CCC(NC(=O)CCC(NC(=O)CCCS(N)(=O)=O)C(=O)O)C(=O)O)C(=O)O. The lowest BCUT2D eigenvalue weighted by Gasteiger charge is -2.17. The fourth-order valence-corrected chi connectivity index (χ4v) is 4.58. The number of carbonyl (C=O) groups excluding carboxylic acids is 5. The van der Waals surface area contributed by atoms with E-state index < -0.39 is 94.9 Å². The van der Waals surface area contributed by atoms with Gasteiger partial charge in [-0.2, -0.15) is 0 Å². The number of ether oxygens (including phenoxy) is 2. The van der Waals surface area contributed by atoms with Crippen molar-refractivity contribution in [2.75, 3.05) is 51.8 Å². The molecule has 3 unspecified atom stereocenters. The van der Waals surface area contributed by atoms with E-state index in [2.05, 4.69) is 26.6 Å². The van der Waals surface area contributed by atoms with Gasteiger partial charge in [0.05, 0.1) is 32.1 Å². The van der Waals surface area contributed by atoms with E-state index in [-0.39, 0.29) is 70.9 Å². The Morgan fingerprint density at radius 3 is 1.61 bits per heavy atom. The number of hydrogen-bond acceptors (Lipinski definition) is 13. The average Bonchev–Trinajstić information content (AvgIpc) is 3.04. The van der Waals surface area contributed by atoms with Crippen LogP contribution in [0.1, 0.15) is 57.8 Å². The van der Waals surface area contributed by atoms with Crippen molar-refractivity contribution < 1.29 is 71.6 Å². The Morgan fingerprint density at radius 1 is 0.569 bits per heavy atom. The third-order valence-corrected chi connectivity index (χ3v) is 7.51. The predicted molar refractivity (Wildman–Crippen MR) is 175 cm³/mol. The van der Waals surface area contributed by atoms with Gasteiger partial charge in [-0.05, 0) is 38.5 Å². The first kappa shape index (κ1) is 46.5. The van der Waals surface area contributed by atoms with Gasteiger partial charge in [-0.15, -0.1) is 0 Å². The minimum Gasteiger partial charge on any atom is -0.480 e. The molecule has 12 N–H and O–H groups in total. The fraction of sp³-hybridized carbons (Fsp3) is 0.714. The summed E-state index contributed by atoms with van der Waals surface area (Å²) in [5, 5.41) is 44.6. The highest BCUT2D eigenvalue weighted by Gasteiger charge is 2.25. The Bertz CT molecular complexity index is 1280. The Hall–Kier alpha value is -4.45. The second kappa shape index (κ2) is 26.4. The molecule has 22 nitrogen and oxygen atoms in total. The topological polar surface area (TPSA) is 362 Å². The van der Waals surface area contributed by atoms with E-state index in [0.29, 0.717) is 19.4 Å². The molecule has 0 heterocycles. The molecule has 0 aromatic rings. The van der Waals surface area contributed by atoms with Gasteiger partial charge in [-0.3, -0.25) is 24.0 Å². The first-order chi connectivity index (χ1) is 23.9. The third kappa shape index (κ3) is 26.1. The van der Waals surface area contributed by atoms with Crippen LogP contribution in [0.2, 0.25) is 0 Å². The maximum absolute atomic E-state index is 12.3. The monoisotopic (exact) mass is 755 g/mol. The average molecular weight is 756 g/mol. The Balaban J connectivity index is 4.26. The molecule has 0 saturated carbocycles. The number of carboxylic acid groups (broad SMARTS) is 3. The van der Waals surface area contributed by atoms with E-state index in [0.717, 1.165) is 0 Å². The van der Waals surface area contributed by atoms with Crippen LogP contribution >= 0.6 is 0 Å². The summed E-state index contributed by atoms with van der Waals surface area (Å²) in [5.74, 6) is -7.72. The zero-order chi connectivity index (χ0) is 38.8. The number of nitrogens with one attached hydrogen (secondary N) is 5. The highest BCUT2D eigenvalue weighted by atomic mass is 32.2. The van der Waals surface area contributed by atoms with E-state index in [1.165, 1.54) is 0 Å². The molecule has 0 bridgehead atoms. The minimum absolute atomic E-state index is 0.0132. The maximum atomic E-state index is 12.3. The number of primary sulfonamides is 1. The zero-order valence-corrected chi connectivity index (χ0v) is 28.9. The molecular formula is C28H49N7O15S. The van der Waals surface area contributed by atoms with Gasteiger partial charge in [-0.1, -0.05) is 0 Å². The van der Waals surface area contributed by atoms with Crippen molar-refractivity contribution in [3.63, 3.8) is 0 Å². The summed E-state index contributed by atoms with van der Waals surface area (Å²) in [4.78, 5) is 93.8. The Morgan fingerprint density at radius 2 is 1.06 bits per heavy atom. The number of unbranched alkanes of at least 4 members (excludes halogenated alkanes) is 1. The van der Waals surface area contributed by atoms with E-state index >= 15 is 0 Å². The van der Waals surface area contributed by atoms with Crippen molar-refractivity contribution in [2.45, 2.75) is 75.9 Å². The molecule has 0 aliphatic heterocycles. The van der Waals surface area contributed by atoms with Crippen LogP contribution in [0.15, 0.2) is 0 Å². The number of hydrogen-bond donors (Lipinski definition) is 10. The summed E-state index contributed by atoms with van der Waals surface area (Å²) < 4.78 is 32.3. The lowest BCUT2D eigenvalue weighted by atomic mass is 10.1. The Kier molecular flexibility index (Phi) is 24.1. The van der Waals surface area contributed by atoms with Crippen LogP contribution in [0.3, 0.4) is 0 Å². The zero-order valence-electron chi connectivity index (χ0n) is 28.1. The summed E-state index contributed by atoms with van der Waals surface area (Å²) in [5.41, 5.74) is 5.17. The molecule has 0 radical (unpaired) electrons. The quantitative estimate of drug-likeness (QED) is 0.0310. The summed E-state index contributed by atoms with van der Waals surface area (Å²) in [6, 6.07) is -4.09. The summed E-state index contributed by atoms with van der Waals surface area (Å²) >= 11 is 0. The lowest BCUT2D eigenvalue weighted by Crippen LogP contribution is -2.44. The largest absolute Gasteiger partial charge is 0.480 e. The number of amides is 5. The van der Waals surface area contributed by atoms with Crippen molar-refractivity contribution in [1.29, 1.82) is 0 Å². The van der Waals surface area contributed by atoms with Crippen molar-refractivity contribution >= 4 is 57.5 Å². The molecule has 292 valence electrons. The molecule has 0 aromatic carbocycles. The number of carboxylic acids is 3. The van der Waals surface area contributed by atoms with Crippen LogP contribution in [0.25, 0.3) is 0 Å². The second-order valence-corrected chi connectivity index (χ2v) is 12.7. The van der Waals surface area contributed by atoms with Gasteiger partial charge in [0, 0.05) is 32.4 Å². The molecule has 51 heavy (non-hydrogen) atoms. The van der Waals surface area contributed by atoms with Gasteiger partial charge in [0.15, 0.2) is 0 Å². The smallest absolute Gasteiger partial charge is 0.326 e. The number of rotatable bonds is 30. The van der Waals surface area contributed by atoms with Crippen LogP contribution in [-0.2, 0) is 57.9 Å². The first-order valence-corrected chi connectivity index (χ1v) is 17.6. The van der Waals surface area contributed by atoms with Crippen LogP contribution < -0.4 is 37.5 Å². The lowest BCUT2D eigenvalue weighted by molar-refractivity contribution is -0.143. The van der Waals surface area contributed by atoms with Crippen LogP contribution in [0.5, 0.6) is 0 Å². The van der Waals surface area contributed by atoms with Crippen LogP contribution in [-0.4, -0.2) is 141 Å². The van der Waals surface area contributed by atoms with Gasteiger partial charge in [-0.25, -0.2) is 27.9 Å². The molecule has 0 rings (SSSR count). The molecule has 0 saturated heterocycles. The highest BCUT2D eigenvalue weighted by Crippen LogP contribution is 2.04. The molecule has 0 aliphatic rings. The molecule has 0 spiro atoms. The number of sulfonamides is 1. The number of aliphatic carboxylic acids is 3. The Labute approximate surface area is 294 Å². The van der Waals surface area contributed by atoms with Crippen molar-refractivity contribution in [1.82, 2.24) is 26.6 Å². The van der Waals surface area contributed by atoms with E-state index in [9.17, 15) is 62.1 Å². The maximum Gasteiger partial charge on any atom is 0.326 e. The standard InChI is InChI=1S/C28H49N7O15S/c29-16-24(39)31-10-2-1-4-18(26(41)42)35-25(40)17-50-14-13-49-12-11-32-21(36)8-6-19(27(43)44)34-23(38)9-7-20(28(45)46)33-22(37)5-3-15-51(30,47)48/h18-20H,1-17,29H2,(H,31,39)(H,32,36)(H,33,37)(H,34,38)(H,35,40)(H,41,42)(H,43,44)(H,45,46)(H2,30,47,48). The number of carbonyl (C=O) groups is 8. The van der Waals surface area contributed by atoms with Crippen molar-refractivity contribution in [3.8, 4) is 0 Å². The summed E-state index contributed by atoms with van der Waals surface area (Å²) in [7, 11) is -3.80. The fourth-order valence-electron chi connectivity index (χ4n) is 4.04.